The zero-order valence-electron chi connectivity index (χ0n) is 16.1. The molecule has 1 aliphatic carbocycles. The van der Waals surface area contributed by atoms with Crippen LogP contribution in [0.25, 0.3) is 11.0 Å². The van der Waals surface area contributed by atoms with E-state index in [4.69, 9.17) is 9.15 Å². The number of allylic oxidation sites excluding steroid dienone is 2. The van der Waals surface area contributed by atoms with Crippen LogP contribution in [0.1, 0.15) is 61.4 Å². The van der Waals surface area contributed by atoms with Gasteiger partial charge in [0.2, 0.25) is 0 Å². The maximum atomic E-state index is 12.3. The lowest BCUT2D eigenvalue weighted by molar-refractivity contribution is -0.145. The molecule has 0 aliphatic heterocycles. The minimum atomic E-state index is -1.09. The number of ether oxygens (including phenoxy) is 1. The molecule has 0 saturated heterocycles. The molecule has 0 fully saturated rings. The van der Waals surface area contributed by atoms with E-state index >= 15 is 0 Å². The number of rotatable bonds is 7. The van der Waals surface area contributed by atoms with Crippen LogP contribution in [0.5, 0.6) is 5.75 Å². The van der Waals surface area contributed by atoms with Crippen molar-refractivity contribution in [3.05, 3.63) is 51.4 Å². The number of carbonyl (C=O) groups is 2. The monoisotopic (exact) mass is 384 g/mol. The highest BCUT2D eigenvalue weighted by molar-refractivity contribution is 6.07. The Balaban J connectivity index is 1.93. The van der Waals surface area contributed by atoms with E-state index in [1.54, 1.807) is 19.1 Å². The maximum absolute atomic E-state index is 12.3. The normalized spacial score (nSPS) is 15.1. The molecule has 1 aromatic heterocycles. The number of benzene rings is 1. The SMILES string of the molecule is CC(=O)c1c(OC(CCC2=CCCCC2)C(=O)O)ccc2c(C)cc(=O)oc12. The summed E-state index contributed by atoms with van der Waals surface area (Å²) in [4.78, 5) is 35.8. The summed E-state index contributed by atoms with van der Waals surface area (Å²) in [7, 11) is 0. The molecule has 0 amide bonds. The maximum Gasteiger partial charge on any atom is 0.344 e. The van der Waals surface area contributed by atoms with Crippen molar-refractivity contribution in [3.8, 4) is 5.75 Å². The Bertz CT molecular complexity index is 998. The first-order chi connectivity index (χ1) is 13.4. The lowest BCUT2D eigenvalue weighted by Gasteiger charge is -2.19. The van der Waals surface area contributed by atoms with Crippen LogP contribution in [0.15, 0.2) is 39.1 Å². The van der Waals surface area contributed by atoms with Crippen LogP contribution in [-0.4, -0.2) is 23.0 Å². The summed E-state index contributed by atoms with van der Waals surface area (Å²) >= 11 is 0. The van der Waals surface area contributed by atoms with Gasteiger partial charge in [-0.25, -0.2) is 9.59 Å². The minimum absolute atomic E-state index is 0.0985. The second-order valence-corrected chi connectivity index (χ2v) is 7.21. The summed E-state index contributed by atoms with van der Waals surface area (Å²) in [5, 5.41) is 10.2. The van der Waals surface area contributed by atoms with Crippen molar-refractivity contribution in [1.82, 2.24) is 0 Å². The van der Waals surface area contributed by atoms with E-state index in [1.807, 2.05) is 0 Å². The van der Waals surface area contributed by atoms with Crippen molar-refractivity contribution < 1.29 is 23.8 Å². The summed E-state index contributed by atoms with van der Waals surface area (Å²) in [5.41, 5.74) is 1.60. The van der Waals surface area contributed by atoms with E-state index < -0.39 is 17.7 Å². The topological polar surface area (TPSA) is 93.8 Å². The van der Waals surface area contributed by atoms with Crippen molar-refractivity contribution in [1.29, 1.82) is 0 Å². The fourth-order valence-corrected chi connectivity index (χ4v) is 3.63. The van der Waals surface area contributed by atoms with Crippen LogP contribution in [0.3, 0.4) is 0 Å². The van der Waals surface area contributed by atoms with Gasteiger partial charge in [-0.2, -0.15) is 0 Å². The lowest BCUT2D eigenvalue weighted by Crippen LogP contribution is -2.28. The minimum Gasteiger partial charge on any atom is -0.479 e. The number of Topliss-reactive ketones (excluding diaryl/α,β-unsaturated/α-hetero) is 1. The summed E-state index contributed by atoms with van der Waals surface area (Å²) in [5.74, 6) is -1.32. The second-order valence-electron chi connectivity index (χ2n) is 7.21. The molecule has 0 bridgehead atoms. The lowest BCUT2D eigenvalue weighted by atomic mass is 9.95. The van der Waals surface area contributed by atoms with Crippen LogP contribution >= 0.6 is 0 Å². The molecule has 1 aliphatic rings. The molecule has 0 saturated carbocycles. The van der Waals surface area contributed by atoms with Crippen LogP contribution in [0, 0.1) is 6.92 Å². The number of ketones is 1. The van der Waals surface area contributed by atoms with E-state index in [9.17, 15) is 19.5 Å². The summed E-state index contributed by atoms with van der Waals surface area (Å²) in [6.07, 6.45) is 6.37. The van der Waals surface area contributed by atoms with Gasteiger partial charge in [0.25, 0.3) is 0 Å². The number of aliphatic carboxylic acids is 1. The number of carboxylic acids is 1. The molecular formula is C22H24O6. The standard InChI is InChI=1S/C22H24O6/c1-13-12-19(24)28-21-16(13)9-11-17(20(21)14(2)23)27-18(22(25)26)10-8-15-6-4-3-5-7-15/h6,9,11-12,18H,3-5,7-8,10H2,1-2H3,(H,25,26). The molecular weight excluding hydrogens is 360 g/mol. The van der Waals surface area contributed by atoms with Crippen LogP contribution in [-0.2, 0) is 4.79 Å². The number of hydrogen-bond donors (Lipinski definition) is 1. The third-order valence-corrected chi connectivity index (χ3v) is 5.09. The average molecular weight is 384 g/mol. The first-order valence-electron chi connectivity index (χ1n) is 9.52. The van der Waals surface area contributed by atoms with Crippen molar-refractivity contribution in [3.63, 3.8) is 0 Å². The van der Waals surface area contributed by atoms with Crippen molar-refractivity contribution in [2.75, 3.05) is 0 Å². The molecule has 28 heavy (non-hydrogen) atoms. The predicted molar refractivity (Wildman–Crippen MR) is 105 cm³/mol. The molecule has 3 rings (SSSR count). The van der Waals surface area contributed by atoms with Gasteiger partial charge in [0.1, 0.15) is 11.3 Å². The van der Waals surface area contributed by atoms with E-state index in [-0.39, 0.29) is 22.7 Å². The first kappa shape index (κ1) is 19.9. The largest absolute Gasteiger partial charge is 0.479 e. The molecule has 2 aromatic rings. The van der Waals surface area contributed by atoms with Gasteiger partial charge in [0.15, 0.2) is 17.5 Å². The first-order valence-corrected chi connectivity index (χ1v) is 9.52. The summed E-state index contributed by atoms with van der Waals surface area (Å²) in [6.45, 7) is 3.09. The molecule has 1 unspecified atom stereocenters. The van der Waals surface area contributed by atoms with Crippen molar-refractivity contribution >= 4 is 22.7 Å². The molecule has 0 radical (unpaired) electrons. The fourth-order valence-electron chi connectivity index (χ4n) is 3.63. The van der Waals surface area contributed by atoms with Gasteiger partial charge in [-0.15, -0.1) is 0 Å². The molecule has 0 spiro atoms. The zero-order valence-corrected chi connectivity index (χ0v) is 16.1. The van der Waals surface area contributed by atoms with Gasteiger partial charge in [0, 0.05) is 11.5 Å². The Morgan fingerprint density at radius 1 is 1.29 bits per heavy atom. The number of aryl methyl sites for hydroxylation is 1. The molecule has 6 nitrogen and oxygen atoms in total. The van der Waals surface area contributed by atoms with Gasteiger partial charge < -0.3 is 14.3 Å². The van der Waals surface area contributed by atoms with Gasteiger partial charge in [-0.05, 0) is 70.1 Å². The summed E-state index contributed by atoms with van der Waals surface area (Å²) < 4.78 is 11.0. The third kappa shape index (κ3) is 4.32. The quantitative estimate of drug-likeness (QED) is 0.431. The van der Waals surface area contributed by atoms with Crippen molar-refractivity contribution in [2.24, 2.45) is 0 Å². The van der Waals surface area contributed by atoms with Crippen LogP contribution < -0.4 is 10.4 Å². The van der Waals surface area contributed by atoms with Crippen LogP contribution in [0.4, 0.5) is 0 Å². The Hall–Kier alpha value is -2.89. The van der Waals surface area contributed by atoms with E-state index in [0.717, 1.165) is 19.3 Å². The third-order valence-electron chi connectivity index (χ3n) is 5.09. The van der Waals surface area contributed by atoms with Gasteiger partial charge in [-0.3, -0.25) is 4.79 Å². The Morgan fingerprint density at radius 3 is 2.71 bits per heavy atom. The highest BCUT2D eigenvalue weighted by atomic mass is 16.5. The van der Waals surface area contributed by atoms with E-state index in [1.165, 1.54) is 25.0 Å². The second kappa shape index (κ2) is 8.42. The highest BCUT2D eigenvalue weighted by Crippen LogP contribution is 2.31. The Labute approximate surface area is 162 Å². The molecule has 1 atom stereocenters. The highest BCUT2D eigenvalue weighted by Gasteiger charge is 2.24. The number of carboxylic acid groups (broad SMARTS) is 1. The number of carbonyl (C=O) groups excluding carboxylic acids is 1. The molecule has 1 N–H and O–H groups in total. The smallest absolute Gasteiger partial charge is 0.344 e. The number of hydrogen-bond acceptors (Lipinski definition) is 5. The van der Waals surface area contributed by atoms with E-state index in [2.05, 4.69) is 6.08 Å². The van der Waals surface area contributed by atoms with Crippen LogP contribution in [0.2, 0.25) is 0 Å². The number of fused-ring (bicyclic) bond motifs is 1. The molecule has 1 heterocycles. The predicted octanol–water partition coefficient (Wildman–Crippen LogP) is 4.42. The Kier molecular flexibility index (Phi) is 5.97. The average Bonchev–Trinajstić information content (AvgIpc) is 2.64. The van der Waals surface area contributed by atoms with E-state index in [0.29, 0.717) is 23.8 Å². The molecule has 148 valence electrons. The van der Waals surface area contributed by atoms with Gasteiger partial charge in [-0.1, -0.05) is 11.6 Å². The van der Waals surface area contributed by atoms with Gasteiger partial charge in [0.05, 0.1) is 0 Å². The van der Waals surface area contributed by atoms with Gasteiger partial charge >= 0.3 is 11.6 Å². The molecule has 6 heteroatoms. The fraction of sp³-hybridized carbons (Fsp3) is 0.409. The molecule has 1 aromatic carbocycles. The summed E-state index contributed by atoms with van der Waals surface area (Å²) in [6, 6.07) is 4.60. The Morgan fingerprint density at radius 2 is 2.07 bits per heavy atom. The zero-order chi connectivity index (χ0) is 20.3. The van der Waals surface area contributed by atoms with Crippen molar-refractivity contribution in [2.45, 2.75) is 58.5 Å².